The van der Waals surface area contributed by atoms with Gasteiger partial charge >= 0.3 is 12.3 Å². The lowest BCUT2D eigenvalue weighted by Gasteiger charge is -2.35. The summed E-state index contributed by atoms with van der Waals surface area (Å²) >= 11 is 0. The van der Waals surface area contributed by atoms with Gasteiger partial charge in [0, 0.05) is 20.2 Å². The number of aliphatic hydroxyl groups excluding tert-OH is 1. The van der Waals surface area contributed by atoms with Crippen LogP contribution in [-0.2, 0) is 14.2 Å². The van der Waals surface area contributed by atoms with Gasteiger partial charge in [-0.2, -0.15) is 13.2 Å². The molecule has 1 rings (SSSR count). The van der Waals surface area contributed by atoms with Crippen LogP contribution in [0.5, 0.6) is 0 Å². The predicted octanol–water partition coefficient (Wildman–Crippen LogP) is 3.74. The Kier molecular flexibility index (Phi) is 12.1. The average molecular weight is 457 g/mol. The zero-order chi connectivity index (χ0) is 23.5. The standard InChI is InChI=1S/C21H39F3N2O5/c1-20(2,3)31-19(28)26-16(12-15-8-6-5-7-9-15)18(30-14-29-4)17(27)13-25-11-10-21(22,23)24/h15-18,25,27H,5-14H2,1-4H3,(H,26,28)/t16-,17-,18+/m0/s1. The predicted molar refractivity (Wildman–Crippen MR) is 111 cm³/mol. The molecular weight excluding hydrogens is 417 g/mol. The molecular formula is C21H39F3N2O5. The van der Waals surface area contributed by atoms with Gasteiger partial charge < -0.3 is 30.0 Å². The van der Waals surface area contributed by atoms with E-state index in [4.69, 9.17) is 14.2 Å². The number of amides is 1. The number of halogens is 3. The molecule has 3 atom stereocenters. The fourth-order valence-corrected chi connectivity index (χ4v) is 3.75. The maximum atomic E-state index is 12.4. The highest BCUT2D eigenvalue weighted by Crippen LogP contribution is 2.29. The minimum atomic E-state index is -4.27. The summed E-state index contributed by atoms with van der Waals surface area (Å²) in [6.07, 6.45) is -1.91. The summed E-state index contributed by atoms with van der Waals surface area (Å²) in [5.41, 5.74) is -0.694. The highest BCUT2D eigenvalue weighted by atomic mass is 19.4. The second-order valence-electron chi connectivity index (χ2n) is 9.17. The van der Waals surface area contributed by atoms with Crippen molar-refractivity contribution in [1.82, 2.24) is 10.6 Å². The van der Waals surface area contributed by atoms with Crippen molar-refractivity contribution >= 4 is 6.09 Å². The van der Waals surface area contributed by atoms with Gasteiger partial charge in [0.15, 0.2) is 0 Å². The minimum absolute atomic E-state index is 0.109. The summed E-state index contributed by atoms with van der Waals surface area (Å²) < 4.78 is 53.1. The molecule has 1 amide bonds. The molecule has 1 saturated carbocycles. The third-order valence-electron chi connectivity index (χ3n) is 5.11. The lowest BCUT2D eigenvalue weighted by molar-refractivity contribution is -0.135. The number of aliphatic hydroxyl groups is 1. The first-order valence-corrected chi connectivity index (χ1v) is 11.0. The van der Waals surface area contributed by atoms with Crippen molar-refractivity contribution in [2.24, 2.45) is 5.92 Å². The van der Waals surface area contributed by atoms with E-state index in [9.17, 15) is 23.1 Å². The second-order valence-corrected chi connectivity index (χ2v) is 9.17. The summed E-state index contributed by atoms with van der Waals surface area (Å²) in [7, 11) is 1.43. The van der Waals surface area contributed by atoms with E-state index in [1.54, 1.807) is 20.8 Å². The normalized spacial score (nSPS) is 19.0. The van der Waals surface area contributed by atoms with Gasteiger partial charge in [0.25, 0.3) is 0 Å². The molecule has 3 N–H and O–H groups in total. The minimum Gasteiger partial charge on any atom is -0.444 e. The third kappa shape index (κ3) is 13.1. The van der Waals surface area contributed by atoms with Crippen LogP contribution in [0, 0.1) is 5.92 Å². The number of alkyl halides is 3. The lowest BCUT2D eigenvalue weighted by atomic mass is 9.83. The summed E-state index contributed by atoms with van der Waals surface area (Å²) in [6.45, 7) is 4.70. The molecule has 0 unspecified atom stereocenters. The van der Waals surface area contributed by atoms with E-state index < -0.39 is 42.5 Å². The Balaban J connectivity index is 2.85. The van der Waals surface area contributed by atoms with Gasteiger partial charge in [-0.25, -0.2) is 4.79 Å². The summed E-state index contributed by atoms with van der Waals surface area (Å²) in [5.74, 6) is 0.354. The van der Waals surface area contributed by atoms with Crippen LogP contribution in [0.2, 0.25) is 0 Å². The Morgan fingerprint density at radius 1 is 1.16 bits per heavy atom. The molecule has 0 spiro atoms. The molecule has 0 aliphatic heterocycles. The Hall–Kier alpha value is -1.10. The molecule has 184 valence electrons. The number of carbonyl (C=O) groups is 1. The van der Waals surface area contributed by atoms with E-state index in [1.807, 2.05) is 0 Å². The van der Waals surface area contributed by atoms with E-state index in [0.717, 1.165) is 25.7 Å². The van der Waals surface area contributed by atoms with Crippen molar-refractivity contribution in [3.8, 4) is 0 Å². The first kappa shape index (κ1) is 27.9. The smallest absolute Gasteiger partial charge is 0.407 e. The fourth-order valence-electron chi connectivity index (χ4n) is 3.75. The molecule has 1 fully saturated rings. The first-order valence-electron chi connectivity index (χ1n) is 11.0. The average Bonchev–Trinajstić information content (AvgIpc) is 2.64. The number of hydrogen-bond acceptors (Lipinski definition) is 6. The van der Waals surface area contributed by atoms with Crippen molar-refractivity contribution in [3.63, 3.8) is 0 Å². The molecule has 0 bridgehead atoms. The fraction of sp³-hybridized carbons (Fsp3) is 0.952. The number of ether oxygens (including phenoxy) is 3. The van der Waals surface area contributed by atoms with E-state index in [-0.39, 0.29) is 19.9 Å². The Bertz CT molecular complexity index is 508. The number of carbonyl (C=O) groups excluding carboxylic acids is 1. The van der Waals surface area contributed by atoms with Crippen LogP contribution in [0.25, 0.3) is 0 Å². The van der Waals surface area contributed by atoms with Crippen LogP contribution in [0.1, 0.15) is 65.7 Å². The van der Waals surface area contributed by atoms with Crippen molar-refractivity contribution in [2.45, 2.75) is 95.7 Å². The molecule has 0 radical (unpaired) electrons. The maximum absolute atomic E-state index is 12.4. The molecule has 0 aromatic heterocycles. The van der Waals surface area contributed by atoms with Gasteiger partial charge in [-0.3, -0.25) is 0 Å². The third-order valence-corrected chi connectivity index (χ3v) is 5.11. The molecule has 0 saturated heterocycles. The highest BCUT2D eigenvalue weighted by Gasteiger charge is 2.34. The zero-order valence-electron chi connectivity index (χ0n) is 19.1. The van der Waals surface area contributed by atoms with Crippen LogP contribution >= 0.6 is 0 Å². The largest absolute Gasteiger partial charge is 0.444 e. The van der Waals surface area contributed by atoms with E-state index >= 15 is 0 Å². The van der Waals surface area contributed by atoms with Gasteiger partial charge in [-0.1, -0.05) is 32.1 Å². The molecule has 0 aromatic rings. The van der Waals surface area contributed by atoms with E-state index in [0.29, 0.717) is 12.3 Å². The van der Waals surface area contributed by atoms with Gasteiger partial charge in [-0.05, 0) is 33.1 Å². The van der Waals surface area contributed by atoms with E-state index in [2.05, 4.69) is 10.6 Å². The van der Waals surface area contributed by atoms with Crippen molar-refractivity contribution < 1.29 is 37.3 Å². The first-order chi connectivity index (χ1) is 14.4. The second kappa shape index (κ2) is 13.4. The molecule has 7 nitrogen and oxygen atoms in total. The Morgan fingerprint density at radius 3 is 2.35 bits per heavy atom. The number of hydrogen-bond donors (Lipinski definition) is 3. The summed E-state index contributed by atoms with van der Waals surface area (Å²) in [6, 6.07) is -0.576. The van der Waals surface area contributed by atoms with Crippen LogP contribution in [0.3, 0.4) is 0 Å². The summed E-state index contributed by atoms with van der Waals surface area (Å²) in [5, 5.41) is 16.1. The SMILES string of the molecule is COCO[C@H]([C@H](CC1CCCCC1)NC(=O)OC(C)(C)C)[C@@H](O)CNCCC(F)(F)F. The highest BCUT2D eigenvalue weighted by molar-refractivity contribution is 5.68. The molecule has 31 heavy (non-hydrogen) atoms. The monoisotopic (exact) mass is 456 g/mol. The number of methoxy groups -OCH3 is 1. The number of rotatable bonds is 12. The Morgan fingerprint density at radius 2 is 1.81 bits per heavy atom. The molecule has 0 heterocycles. The van der Waals surface area contributed by atoms with Crippen molar-refractivity contribution in [1.29, 1.82) is 0 Å². The quantitative estimate of drug-likeness (QED) is 0.306. The molecule has 1 aliphatic carbocycles. The van der Waals surface area contributed by atoms with Crippen molar-refractivity contribution in [3.05, 3.63) is 0 Å². The Labute approximate surface area is 183 Å². The maximum Gasteiger partial charge on any atom is 0.407 e. The van der Waals surface area contributed by atoms with E-state index in [1.165, 1.54) is 13.5 Å². The van der Waals surface area contributed by atoms with Gasteiger partial charge in [0.05, 0.1) is 18.6 Å². The molecule has 0 aromatic carbocycles. The zero-order valence-corrected chi connectivity index (χ0v) is 19.1. The summed E-state index contributed by atoms with van der Waals surface area (Å²) in [4.78, 5) is 12.4. The number of nitrogens with one attached hydrogen (secondary N) is 2. The van der Waals surface area contributed by atoms with Crippen LogP contribution in [0.4, 0.5) is 18.0 Å². The van der Waals surface area contributed by atoms with Crippen LogP contribution < -0.4 is 10.6 Å². The molecule has 1 aliphatic rings. The topological polar surface area (TPSA) is 89.1 Å². The van der Waals surface area contributed by atoms with Gasteiger partial charge in [0.2, 0.25) is 0 Å². The van der Waals surface area contributed by atoms with Gasteiger partial charge in [0.1, 0.15) is 18.5 Å². The van der Waals surface area contributed by atoms with Gasteiger partial charge in [-0.15, -0.1) is 0 Å². The lowest BCUT2D eigenvalue weighted by Crippen LogP contribution is -2.54. The molecule has 10 heteroatoms. The van der Waals surface area contributed by atoms with Crippen molar-refractivity contribution in [2.75, 3.05) is 27.0 Å². The van der Waals surface area contributed by atoms with Crippen LogP contribution in [0.15, 0.2) is 0 Å². The van der Waals surface area contributed by atoms with Crippen LogP contribution in [-0.4, -0.2) is 68.2 Å². The number of alkyl carbamates (subject to hydrolysis) is 1.